The van der Waals surface area contributed by atoms with Crippen LogP contribution in [-0.4, -0.2) is 69.8 Å². The third-order valence-electron chi connectivity index (χ3n) is 5.03. The molecule has 1 fully saturated rings. The summed E-state index contributed by atoms with van der Waals surface area (Å²) in [5.74, 6) is 3.46. The van der Waals surface area contributed by atoms with Crippen molar-refractivity contribution < 1.29 is 0 Å². The molecule has 9 nitrogen and oxygen atoms in total. The van der Waals surface area contributed by atoms with Crippen molar-refractivity contribution in [2.24, 2.45) is 0 Å². The topological polar surface area (TPSA) is 78.6 Å². The molecule has 1 aliphatic heterocycles. The zero-order valence-corrected chi connectivity index (χ0v) is 16.5. The Labute approximate surface area is 158 Å². The molecule has 0 bridgehead atoms. The minimum atomic E-state index is 0.646. The van der Waals surface area contributed by atoms with Gasteiger partial charge in [-0.05, 0) is 20.8 Å². The van der Waals surface area contributed by atoms with E-state index in [4.69, 9.17) is 4.98 Å². The van der Waals surface area contributed by atoms with E-state index in [-0.39, 0.29) is 0 Å². The average molecular weight is 367 g/mol. The van der Waals surface area contributed by atoms with Gasteiger partial charge in [-0.1, -0.05) is 0 Å². The van der Waals surface area contributed by atoms with Crippen LogP contribution in [0.3, 0.4) is 0 Å². The van der Waals surface area contributed by atoms with Crippen molar-refractivity contribution in [2.45, 2.75) is 20.8 Å². The van der Waals surface area contributed by atoms with Crippen LogP contribution in [0.4, 0.5) is 17.6 Å². The van der Waals surface area contributed by atoms with Crippen LogP contribution in [0.5, 0.6) is 0 Å². The predicted molar refractivity (Wildman–Crippen MR) is 106 cm³/mol. The van der Waals surface area contributed by atoms with Crippen LogP contribution >= 0.6 is 0 Å². The summed E-state index contributed by atoms with van der Waals surface area (Å²) in [4.78, 5) is 24.7. The first-order chi connectivity index (χ1) is 12.9. The van der Waals surface area contributed by atoms with Crippen molar-refractivity contribution in [3.8, 4) is 0 Å². The van der Waals surface area contributed by atoms with Gasteiger partial charge < -0.3 is 14.7 Å². The van der Waals surface area contributed by atoms with E-state index < -0.39 is 0 Å². The summed E-state index contributed by atoms with van der Waals surface area (Å²) in [6.07, 6.45) is 1.56. The number of rotatable bonds is 3. The summed E-state index contributed by atoms with van der Waals surface area (Å²) in [6.45, 7) is 9.58. The highest BCUT2D eigenvalue weighted by Crippen LogP contribution is 2.25. The van der Waals surface area contributed by atoms with E-state index in [1.165, 1.54) is 0 Å². The van der Waals surface area contributed by atoms with Crippen molar-refractivity contribution in [1.82, 2.24) is 29.5 Å². The number of aromatic nitrogens is 6. The minimum Gasteiger partial charge on any atom is -0.363 e. The van der Waals surface area contributed by atoms with E-state index in [0.29, 0.717) is 5.78 Å². The van der Waals surface area contributed by atoms with Crippen molar-refractivity contribution in [3.63, 3.8) is 0 Å². The van der Waals surface area contributed by atoms with Crippen molar-refractivity contribution in [2.75, 3.05) is 55.0 Å². The molecule has 0 amide bonds. The summed E-state index contributed by atoms with van der Waals surface area (Å²) in [5.41, 5.74) is 3.12. The van der Waals surface area contributed by atoms with Gasteiger partial charge in [-0.3, -0.25) is 0 Å². The fraction of sp³-hybridized carbons (Fsp3) is 0.500. The molecule has 0 atom stereocenters. The number of fused-ring (bicyclic) bond motifs is 1. The number of aryl methyl sites for hydroxylation is 2. The van der Waals surface area contributed by atoms with Gasteiger partial charge in [-0.15, -0.1) is 0 Å². The van der Waals surface area contributed by atoms with E-state index in [0.717, 1.165) is 60.7 Å². The van der Waals surface area contributed by atoms with Crippen LogP contribution in [0.25, 0.3) is 5.78 Å². The average Bonchev–Trinajstić information content (AvgIpc) is 3.10. The van der Waals surface area contributed by atoms with Gasteiger partial charge in [0.2, 0.25) is 5.95 Å². The number of hydrogen-bond acceptors (Lipinski definition) is 8. The Morgan fingerprint density at radius 3 is 2.33 bits per heavy atom. The monoisotopic (exact) mass is 367 g/mol. The molecule has 27 heavy (non-hydrogen) atoms. The Balaban J connectivity index is 1.59. The molecule has 9 heteroatoms. The highest BCUT2D eigenvalue weighted by atomic mass is 15.4. The van der Waals surface area contributed by atoms with E-state index in [1.54, 1.807) is 6.33 Å². The first-order valence-corrected chi connectivity index (χ1v) is 9.14. The second kappa shape index (κ2) is 6.64. The van der Waals surface area contributed by atoms with Gasteiger partial charge in [0, 0.05) is 63.3 Å². The molecule has 142 valence electrons. The predicted octanol–water partition coefficient (Wildman–Crippen LogP) is 1.23. The third kappa shape index (κ3) is 3.13. The van der Waals surface area contributed by atoms with Gasteiger partial charge >= 0.3 is 0 Å². The normalized spacial score (nSPS) is 14.9. The fourth-order valence-electron chi connectivity index (χ4n) is 3.41. The molecule has 0 aliphatic carbocycles. The molecule has 0 spiro atoms. The quantitative estimate of drug-likeness (QED) is 0.684. The van der Waals surface area contributed by atoms with Crippen molar-refractivity contribution in [1.29, 1.82) is 0 Å². The van der Waals surface area contributed by atoms with E-state index in [9.17, 15) is 0 Å². The van der Waals surface area contributed by atoms with Crippen LogP contribution in [0, 0.1) is 20.8 Å². The van der Waals surface area contributed by atoms with Crippen LogP contribution in [0.1, 0.15) is 17.0 Å². The molecule has 4 rings (SSSR count). The van der Waals surface area contributed by atoms with Crippen LogP contribution in [0.2, 0.25) is 0 Å². The number of nitrogens with zero attached hydrogens (tertiary/aromatic N) is 9. The lowest BCUT2D eigenvalue weighted by molar-refractivity contribution is 0.624. The number of anilines is 3. The SMILES string of the molecule is Cc1cc(N(C)C)nc(N2CCN(c3c(C)c(C)nc4ncnn34)CC2)n1. The summed E-state index contributed by atoms with van der Waals surface area (Å²) in [5, 5.41) is 4.37. The fourth-order valence-corrected chi connectivity index (χ4v) is 3.41. The smallest absolute Gasteiger partial charge is 0.254 e. The summed E-state index contributed by atoms with van der Waals surface area (Å²) in [7, 11) is 4.00. The zero-order valence-electron chi connectivity index (χ0n) is 16.5. The lowest BCUT2D eigenvalue weighted by Crippen LogP contribution is -2.48. The molecule has 3 aromatic rings. The maximum absolute atomic E-state index is 4.71. The standard InChI is InChI=1S/C18H25N9/c1-12-10-15(24(4)5)23-18(21-12)26-8-6-25(7-9-26)16-13(2)14(3)22-17-19-11-20-27(16)17/h10-11H,6-9H2,1-5H3. The van der Waals surface area contributed by atoms with Crippen LogP contribution < -0.4 is 14.7 Å². The van der Waals surface area contributed by atoms with Gasteiger partial charge in [-0.25, -0.2) is 9.97 Å². The van der Waals surface area contributed by atoms with E-state index in [1.807, 2.05) is 43.4 Å². The molecule has 0 radical (unpaired) electrons. The van der Waals surface area contributed by atoms with Gasteiger partial charge in [0.05, 0.1) is 0 Å². The van der Waals surface area contributed by atoms with Crippen molar-refractivity contribution >= 4 is 23.4 Å². The van der Waals surface area contributed by atoms with Crippen LogP contribution in [0.15, 0.2) is 12.4 Å². The lowest BCUT2D eigenvalue weighted by atomic mass is 10.2. The highest BCUT2D eigenvalue weighted by molar-refractivity contribution is 5.55. The Kier molecular flexibility index (Phi) is 4.29. The van der Waals surface area contributed by atoms with E-state index >= 15 is 0 Å². The molecule has 0 aromatic carbocycles. The first-order valence-electron chi connectivity index (χ1n) is 9.14. The largest absolute Gasteiger partial charge is 0.363 e. The molecule has 0 saturated carbocycles. The summed E-state index contributed by atoms with van der Waals surface area (Å²) >= 11 is 0. The Bertz CT molecular complexity index is 970. The molecule has 1 saturated heterocycles. The summed E-state index contributed by atoms with van der Waals surface area (Å²) < 4.78 is 1.84. The highest BCUT2D eigenvalue weighted by Gasteiger charge is 2.24. The van der Waals surface area contributed by atoms with Crippen LogP contribution in [-0.2, 0) is 0 Å². The summed E-state index contributed by atoms with van der Waals surface area (Å²) in [6, 6.07) is 2.00. The molecule has 3 aromatic heterocycles. The maximum Gasteiger partial charge on any atom is 0.254 e. The minimum absolute atomic E-state index is 0.646. The molecule has 0 N–H and O–H groups in total. The second-order valence-electron chi connectivity index (χ2n) is 7.15. The maximum atomic E-state index is 4.71. The molecular formula is C18H25N9. The van der Waals surface area contributed by atoms with Gasteiger partial charge in [-0.2, -0.15) is 19.6 Å². The molecule has 4 heterocycles. The number of piperazine rings is 1. The lowest BCUT2D eigenvalue weighted by Gasteiger charge is -2.36. The second-order valence-corrected chi connectivity index (χ2v) is 7.15. The first kappa shape index (κ1) is 17.4. The third-order valence-corrected chi connectivity index (χ3v) is 5.03. The Morgan fingerprint density at radius 2 is 1.63 bits per heavy atom. The van der Waals surface area contributed by atoms with Crippen molar-refractivity contribution in [3.05, 3.63) is 29.3 Å². The zero-order chi connectivity index (χ0) is 19.1. The molecule has 0 unspecified atom stereocenters. The van der Waals surface area contributed by atoms with E-state index in [2.05, 4.69) is 36.8 Å². The molecular weight excluding hydrogens is 342 g/mol. The van der Waals surface area contributed by atoms with Gasteiger partial charge in [0.25, 0.3) is 5.78 Å². The Morgan fingerprint density at radius 1 is 0.926 bits per heavy atom. The van der Waals surface area contributed by atoms with Gasteiger partial charge in [0.1, 0.15) is 18.0 Å². The number of hydrogen-bond donors (Lipinski definition) is 0. The Hall–Kier alpha value is -2.97. The van der Waals surface area contributed by atoms with Gasteiger partial charge in [0.15, 0.2) is 0 Å². The molecule has 1 aliphatic rings.